The van der Waals surface area contributed by atoms with Crippen molar-refractivity contribution in [2.24, 2.45) is 4.99 Å². The molecule has 1 fully saturated rings. The Kier molecular flexibility index (Phi) is 7.29. The fraction of sp³-hybridized carbons (Fsp3) is 0.370. The molecular formula is C27H29N3O6S. The summed E-state index contributed by atoms with van der Waals surface area (Å²) in [7, 11) is 0. The normalized spacial score (nSPS) is 18.0. The van der Waals surface area contributed by atoms with Crippen molar-refractivity contribution in [1.82, 2.24) is 4.57 Å². The molecule has 10 heteroatoms. The van der Waals surface area contributed by atoms with Gasteiger partial charge in [0.2, 0.25) is 0 Å². The molecule has 0 unspecified atom stereocenters. The number of thiazole rings is 1. The first-order chi connectivity index (χ1) is 18.0. The van der Waals surface area contributed by atoms with E-state index in [-0.39, 0.29) is 12.2 Å². The molecule has 2 aliphatic rings. The van der Waals surface area contributed by atoms with Crippen LogP contribution in [0, 0.1) is 0 Å². The molecule has 194 valence electrons. The molecule has 5 rings (SSSR count). The van der Waals surface area contributed by atoms with Gasteiger partial charge in [-0.2, -0.15) is 0 Å². The standard InChI is InChI=1S/C27H29N3O6S/c1-4-34-19-8-6-18(7-9-19)24-23(26(32)35-5-2)17(3)28-27-30(24)25(31)21(37-27)16-20-10-11-22(36-20)29-12-14-33-15-13-29/h6-11,16,24H,4-5,12-15H2,1-3H3/t24-/m1/s1. The van der Waals surface area contributed by atoms with Gasteiger partial charge in [0, 0.05) is 25.2 Å². The Balaban J connectivity index is 1.59. The van der Waals surface area contributed by atoms with Gasteiger partial charge in [-0.1, -0.05) is 23.5 Å². The number of aromatic nitrogens is 1. The zero-order chi connectivity index (χ0) is 25.9. The number of nitrogens with zero attached hydrogens (tertiary/aromatic N) is 3. The predicted molar refractivity (Wildman–Crippen MR) is 140 cm³/mol. The minimum Gasteiger partial charge on any atom is -0.494 e. The minimum absolute atomic E-state index is 0.222. The summed E-state index contributed by atoms with van der Waals surface area (Å²) in [5.74, 6) is 1.55. The number of esters is 1. The lowest BCUT2D eigenvalue weighted by Crippen LogP contribution is -2.39. The first-order valence-electron chi connectivity index (χ1n) is 12.3. The number of allylic oxidation sites excluding steroid dienone is 1. The zero-order valence-electron chi connectivity index (χ0n) is 21.1. The van der Waals surface area contributed by atoms with Gasteiger partial charge in [-0.05, 0) is 44.5 Å². The molecule has 0 bridgehead atoms. The fourth-order valence-corrected chi connectivity index (χ4v) is 5.55. The van der Waals surface area contributed by atoms with Crippen LogP contribution in [0.3, 0.4) is 0 Å². The summed E-state index contributed by atoms with van der Waals surface area (Å²) < 4.78 is 24.4. The van der Waals surface area contributed by atoms with E-state index in [9.17, 15) is 9.59 Å². The number of hydrogen-bond donors (Lipinski definition) is 0. The average Bonchev–Trinajstić information content (AvgIpc) is 3.49. The van der Waals surface area contributed by atoms with Crippen LogP contribution >= 0.6 is 11.3 Å². The number of morpholine rings is 1. The van der Waals surface area contributed by atoms with Crippen LogP contribution in [-0.2, 0) is 14.3 Å². The highest BCUT2D eigenvalue weighted by Crippen LogP contribution is 2.31. The summed E-state index contributed by atoms with van der Waals surface area (Å²) in [6.45, 7) is 9.03. The first kappa shape index (κ1) is 25.0. The Hall–Kier alpha value is -3.63. The lowest BCUT2D eigenvalue weighted by Gasteiger charge is -2.26. The van der Waals surface area contributed by atoms with E-state index in [1.54, 1.807) is 24.5 Å². The van der Waals surface area contributed by atoms with Crippen LogP contribution in [0.25, 0.3) is 6.08 Å². The third-order valence-corrected chi connectivity index (χ3v) is 7.22. The molecule has 0 N–H and O–H groups in total. The van der Waals surface area contributed by atoms with E-state index < -0.39 is 12.0 Å². The monoisotopic (exact) mass is 523 g/mol. The number of fused-ring (bicyclic) bond motifs is 1. The quantitative estimate of drug-likeness (QED) is 0.440. The molecule has 0 spiro atoms. The number of carbonyl (C=O) groups excluding carboxylic acids is 1. The van der Waals surface area contributed by atoms with E-state index in [1.165, 1.54) is 11.3 Å². The molecule has 0 saturated carbocycles. The Morgan fingerprint density at radius 3 is 2.59 bits per heavy atom. The smallest absolute Gasteiger partial charge is 0.338 e. The maximum absolute atomic E-state index is 13.7. The number of benzene rings is 1. The summed E-state index contributed by atoms with van der Waals surface area (Å²) in [4.78, 5) is 34.0. The van der Waals surface area contributed by atoms with Gasteiger partial charge in [-0.25, -0.2) is 9.79 Å². The van der Waals surface area contributed by atoms with Crippen molar-refractivity contribution < 1.29 is 23.4 Å². The number of carbonyl (C=O) groups is 1. The zero-order valence-corrected chi connectivity index (χ0v) is 21.9. The third kappa shape index (κ3) is 4.99. The van der Waals surface area contributed by atoms with E-state index in [1.807, 2.05) is 43.3 Å². The Morgan fingerprint density at radius 2 is 1.89 bits per heavy atom. The van der Waals surface area contributed by atoms with Crippen molar-refractivity contribution in [2.75, 3.05) is 44.4 Å². The predicted octanol–water partition coefficient (Wildman–Crippen LogP) is 2.63. The maximum Gasteiger partial charge on any atom is 0.338 e. The Morgan fingerprint density at radius 1 is 1.14 bits per heavy atom. The van der Waals surface area contributed by atoms with Crippen LogP contribution in [0.4, 0.5) is 5.88 Å². The molecule has 1 saturated heterocycles. The number of anilines is 1. The first-order valence-corrected chi connectivity index (χ1v) is 13.2. The molecule has 37 heavy (non-hydrogen) atoms. The van der Waals surface area contributed by atoms with Gasteiger partial charge in [0.1, 0.15) is 11.5 Å². The van der Waals surface area contributed by atoms with Gasteiger partial charge < -0.3 is 23.5 Å². The fourth-order valence-electron chi connectivity index (χ4n) is 4.52. The molecule has 4 heterocycles. The van der Waals surface area contributed by atoms with Crippen molar-refractivity contribution in [3.8, 4) is 5.75 Å². The number of hydrogen-bond acceptors (Lipinski definition) is 9. The van der Waals surface area contributed by atoms with E-state index in [0.29, 0.717) is 51.9 Å². The van der Waals surface area contributed by atoms with Crippen molar-refractivity contribution in [3.05, 3.63) is 78.7 Å². The van der Waals surface area contributed by atoms with Gasteiger partial charge in [-0.15, -0.1) is 0 Å². The lowest BCUT2D eigenvalue weighted by molar-refractivity contribution is -0.139. The highest BCUT2D eigenvalue weighted by atomic mass is 32.1. The highest BCUT2D eigenvalue weighted by molar-refractivity contribution is 7.07. The molecule has 2 aliphatic heterocycles. The van der Waals surface area contributed by atoms with Crippen molar-refractivity contribution >= 4 is 29.3 Å². The molecule has 9 nitrogen and oxygen atoms in total. The minimum atomic E-state index is -0.673. The highest BCUT2D eigenvalue weighted by Gasteiger charge is 2.33. The van der Waals surface area contributed by atoms with Gasteiger partial charge in [0.15, 0.2) is 10.7 Å². The van der Waals surface area contributed by atoms with Gasteiger partial charge in [0.05, 0.1) is 48.3 Å². The third-order valence-electron chi connectivity index (χ3n) is 6.23. The number of ether oxygens (including phenoxy) is 3. The summed E-state index contributed by atoms with van der Waals surface area (Å²) in [5.41, 5.74) is 1.39. The Bertz CT molecular complexity index is 1490. The summed E-state index contributed by atoms with van der Waals surface area (Å²) in [6.07, 6.45) is 1.73. The van der Waals surface area contributed by atoms with Crippen molar-refractivity contribution in [3.63, 3.8) is 0 Å². The van der Waals surface area contributed by atoms with Gasteiger partial charge in [-0.3, -0.25) is 9.36 Å². The van der Waals surface area contributed by atoms with Crippen LogP contribution in [0.15, 0.2) is 61.9 Å². The second-order valence-electron chi connectivity index (χ2n) is 8.58. The molecule has 0 amide bonds. The van der Waals surface area contributed by atoms with Crippen molar-refractivity contribution in [1.29, 1.82) is 0 Å². The molecule has 0 aliphatic carbocycles. The average molecular weight is 524 g/mol. The summed E-state index contributed by atoms with van der Waals surface area (Å²) in [5, 5.41) is 0. The van der Waals surface area contributed by atoms with E-state index in [4.69, 9.17) is 18.6 Å². The molecule has 3 aromatic rings. The second-order valence-corrected chi connectivity index (χ2v) is 9.59. The van der Waals surface area contributed by atoms with E-state index in [2.05, 4.69) is 9.89 Å². The maximum atomic E-state index is 13.7. The van der Waals surface area contributed by atoms with Crippen LogP contribution in [0.5, 0.6) is 5.75 Å². The molecule has 0 radical (unpaired) electrons. The van der Waals surface area contributed by atoms with Gasteiger partial charge >= 0.3 is 5.97 Å². The summed E-state index contributed by atoms with van der Waals surface area (Å²) >= 11 is 1.27. The molecule has 1 aromatic carbocycles. The topological polar surface area (TPSA) is 95.5 Å². The molecular weight excluding hydrogens is 494 g/mol. The lowest BCUT2D eigenvalue weighted by atomic mass is 9.96. The number of rotatable bonds is 7. The largest absolute Gasteiger partial charge is 0.494 e. The Labute approximate surface area is 217 Å². The van der Waals surface area contributed by atoms with E-state index in [0.717, 1.165) is 24.5 Å². The molecule has 2 aromatic heterocycles. The van der Waals surface area contributed by atoms with Crippen LogP contribution in [0.1, 0.15) is 38.1 Å². The van der Waals surface area contributed by atoms with Crippen LogP contribution in [0.2, 0.25) is 0 Å². The van der Waals surface area contributed by atoms with Crippen molar-refractivity contribution in [2.45, 2.75) is 26.8 Å². The molecule has 1 atom stereocenters. The summed E-state index contributed by atoms with van der Waals surface area (Å²) in [6, 6.07) is 10.5. The van der Waals surface area contributed by atoms with Gasteiger partial charge in [0.25, 0.3) is 5.56 Å². The number of furan rings is 1. The SMILES string of the molecule is CCOC(=O)C1=C(C)N=c2sc(=Cc3ccc(N4CCOCC4)o3)c(=O)n2[C@@H]1c1ccc(OCC)cc1. The second kappa shape index (κ2) is 10.8. The van der Waals surface area contributed by atoms with E-state index >= 15 is 0 Å². The van der Waals surface area contributed by atoms with Crippen LogP contribution in [-0.4, -0.2) is 50.1 Å². The van der Waals surface area contributed by atoms with Crippen LogP contribution < -0.4 is 24.5 Å².